The summed E-state index contributed by atoms with van der Waals surface area (Å²) in [6.45, 7) is -0.120. The van der Waals surface area contributed by atoms with Crippen molar-refractivity contribution in [1.82, 2.24) is 10.6 Å². The van der Waals surface area contributed by atoms with E-state index in [4.69, 9.17) is 6.42 Å². The van der Waals surface area contributed by atoms with Crippen molar-refractivity contribution in [3.8, 4) is 12.3 Å². The van der Waals surface area contributed by atoms with Gasteiger partial charge in [-0.2, -0.15) is 0 Å². The molecule has 110 valence electrons. The monoisotopic (exact) mass is 292 g/mol. The molecule has 1 saturated carbocycles. The number of hydrogen-bond acceptors (Lipinski definition) is 2. The smallest absolute Gasteiger partial charge is 0.240 e. The Bertz CT molecular complexity index is 590. The van der Waals surface area contributed by atoms with Crippen LogP contribution in [0.3, 0.4) is 0 Å². The van der Waals surface area contributed by atoms with Gasteiger partial charge in [0.2, 0.25) is 11.8 Å². The Hall–Kier alpha value is -2.42. The number of carbonyl (C=O) groups is 2. The van der Waals surface area contributed by atoms with Gasteiger partial charge in [-0.3, -0.25) is 9.59 Å². The van der Waals surface area contributed by atoms with Crippen LogP contribution in [0.15, 0.2) is 18.2 Å². The minimum absolute atomic E-state index is 0.0607. The molecule has 1 aromatic carbocycles. The second-order valence-electron chi connectivity index (χ2n) is 4.78. The molecule has 0 spiro atoms. The highest BCUT2D eigenvalue weighted by molar-refractivity contribution is 5.88. The topological polar surface area (TPSA) is 58.2 Å². The molecular formula is C15H14F2N2O2. The molecule has 1 aliphatic carbocycles. The zero-order valence-electron chi connectivity index (χ0n) is 11.2. The lowest BCUT2D eigenvalue weighted by molar-refractivity contribution is -0.126. The van der Waals surface area contributed by atoms with Crippen molar-refractivity contribution in [3.63, 3.8) is 0 Å². The average Bonchev–Trinajstić information content (AvgIpc) is 3.22. The molecule has 1 fully saturated rings. The number of benzene rings is 1. The fourth-order valence-electron chi connectivity index (χ4n) is 2.18. The minimum atomic E-state index is -0.651. The van der Waals surface area contributed by atoms with Gasteiger partial charge >= 0.3 is 0 Å². The van der Waals surface area contributed by atoms with Gasteiger partial charge in [-0.15, -0.1) is 6.42 Å². The molecule has 2 amide bonds. The first-order valence-corrected chi connectivity index (χ1v) is 6.46. The van der Waals surface area contributed by atoms with Gasteiger partial charge in [0.15, 0.2) is 0 Å². The Kier molecular flexibility index (Phi) is 4.53. The van der Waals surface area contributed by atoms with Crippen molar-refractivity contribution in [2.75, 3.05) is 13.1 Å². The number of carbonyl (C=O) groups excluding carboxylic acids is 2. The van der Waals surface area contributed by atoms with Crippen LogP contribution in [0.2, 0.25) is 0 Å². The largest absolute Gasteiger partial charge is 0.347 e. The van der Waals surface area contributed by atoms with Crippen LogP contribution in [0.25, 0.3) is 0 Å². The van der Waals surface area contributed by atoms with Gasteiger partial charge in [0.25, 0.3) is 0 Å². The van der Waals surface area contributed by atoms with Gasteiger partial charge < -0.3 is 10.6 Å². The van der Waals surface area contributed by atoms with E-state index in [1.54, 1.807) is 0 Å². The van der Waals surface area contributed by atoms with Crippen molar-refractivity contribution >= 4 is 11.8 Å². The Labute approximate surface area is 120 Å². The lowest BCUT2D eigenvalue weighted by atomic mass is 10.1. The maximum Gasteiger partial charge on any atom is 0.240 e. The van der Waals surface area contributed by atoms with Crippen LogP contribution in [0.4, 0.5) is 8.78 Å². The van der Waals surface area contributed by atoms with E-state index in [2.05, 4.69) is 16.6 Å². The van der Waals surface area contributed by atoms with Crippen molar-refractivity contribution in [2.45, 2.75) is 12.3 Å². The summed E-state index contributed by atoms with van der Waals surface area (Å²) in [6.07, 6.45) is 5.35. The lowest BCUT2D eigenvalue weighted by Gasteiger charge is -2.06. The predicted octanol–water partition coefficient (Wildman–Crippen LogP) is 0.934. The number of hydrogen-bond donors (Lipinski definition) is 2. The Balaban J connectivity index is 1.87. The van der Waals surface area contributed by atoms with Crippen molar-refractivity contribution < 1.29 is 18.4 Å². The molecule has 0 heterocycles. The van der Waals surface area contributed by atoms with Crippen LogP contribution >= 0.6 is 0 Å². The first kappa shape index (κ1) is 15.0. The van der Waals surface area contributed by atoms with E-state index < -0.39 is 35.3 Å². The van der Waals surface area contributed by atoms with E-state index in [-0.39, 0.29) is 18.7 Å². The Morgan fingerprint density at radius 2 is 1.95 bits per heavy atom. The first-order valence-electron chi connectivity index (χ1n) is 6.46. The highest BCUT2D eigenvalue weighted by Gasteiger charge is 2.46. The van der Waals surface area contributed by atoms with E-state index in [0.29, 0.717) is 6.42 Å². The van der Waals surface area contributed by atoms with Gasteiger partial charge in [0.05, 0.1) is 13.1 Å². The van der Waals surface area contributed by atoms with E-state index in [0.717, 1.165) is 0 Å². The molecule has 21 heavy (non-hydrogen) atoms. The zero-order valence-corrected chi connectivity index (χ0v) is 11.2. The SMILES string of the molecule is C#CCNC(=O)CNC(=O)[C@@H]1C[C@@H]1c1c(F)cccc1F. The van der Waals surface area contributed by atoms with Gasteiger partial charge in [-0.05, 0) is 18.6 Å². The summed E-state index contributed by atoms with van der Waals surface area (Å²) in [7, 11) is 0. The first-order chi connectivity index (χ1) is 10.0. The summed E-state index contributed by atoms with van der Waals surface area (Å²) in [4.78, 5) is 23.1. The van der Waals surface area contributed by atoms with Gasteiger partial charge in [0, 0.05) is 17.4 Å². The fourth-order valence-corrected chi connectivity index (χ4v) is 2.18. The Morgan fingerprint density at radius 1 is 1.29 bits per heavy atom. The molecule has 0 aromatic heterocycles. The van der Waals surface area contributed by atoms with Crippen LogP contribution < -0.4 is 10.6 Å². The molecule has 4 nitrogen and oxygen atoms in total. The van der Waals surface area contributed by atoms with Gasteiger partial charge in [0.1, 0.15) is 11.6 Å². The second kappa shape index (κ2) is 6.35. The van der Waals surface area contributed by atoms with Crippen molar-refractivity contribution in [2.24, 2.45) is 5.92 Å². The average molecular weight is 292 g/mol. The molecule has 2 atom stereocenters. The number of halogens is 2. The molecule has 0 bridgehead atoms. The van der Waals surface area contributed by atoms with Crippen LogP contribution in [0, 0.1) is 29.9 Å². The number of amides is 2. The predicted molar refractivity (Wildman–Crippen MR) is 72.1 cm³/mol. The highest BCUT2D eigenvalue weighted by Crippen LogP contribution is 2.49. The molecule has 0 unspecified atom stereocenters. The summed E-state index contributed by atoms with van der Waals surface area (Å²) >= 11 is 0. The molecule has 0 radical (unpaired) electrons. The summed E-state index contributed by atoms with van der Waals surface area (Å²) < 4.78 is 27.2. The summed E-state index contributed by atoms with van der Waals surface area (Å²) in [5, 5.41) is 4.83. The normalized spacial score (nSPS) is 19.5. The summed E-state index contributed by atoms with van der Waals surface area (Å²) in [5.74, 6) is -0.840. The third kappa shape index (κ3) is 3.57. The third-order valence-electron chi connectivity index (χ3n) is 3.31. The van der Waals surface area contributed by atoms with Gasteiger partial charge in [-0.25, -0.2) is 8.78 Å². The Morgan fingerprint density at radius 3 is 2.57 bits per heavy atom. The number of rotatable bonds is 5. The quantitative estimate of drug-likeness (QED) is 0.793. The van der Waals surface area contributed by atoms with E-state index in [1.165, 1.54) is 18.2 Å². The molecule has 1 aliphatic rings. The van der Waals surface area contributed by atoms with Crippen LogP contribution in [0.5, 0.6) is 0 Å². The van der Waals surface area contributed by atoms with Crippen molar-refractivity contribution in [3.05, 3.63) is 35.4 Å². The molecule has 2 N–H and O–H groups in total. The van der Waals surface area contributed by atoms with E-state index in [9.17, 15) is 18.4 Å². The molecule has 1 aromatic rings. The summed E-state index contributed by atoms with van der Waals surface area (Å²) in [5.41, 5.74) is -0.0607. The molecule has 2 rings (SSSR count). The van der Waals surface area contributed by atoms with Crippen LogP contribution in [-0.4, -0.2) is 24.9 Å². The van der Waals surface area contributed by atoms with Gasteiger partial charge in [-0.1, -0.05) is 12.0 Å². The van der Waals surface area contributed by atoms with E-state index in [1.807, 2.05) is 0 Å². The molecule has 0 aliphatic heterocycles. The minimum Gasteiger partial charge on any atom is -0.347 e. The molecule has 6 heteroatoms. The number of nitrogens with one attached hydrogen (secondary N) is 2. The zero-order chi connectivity index (χ0) is 15.4. The van der Waals surface area contributed by atoms with E-state index >= 15 is 0 Å². The maximum absolute atomic E-state index is 13.6. The molecule has 0 saturated heterocycles. The highest BCUT2D eigenvalue weighted by atomic mass is 19.1. The third-order valence-corrected chi connectivity index (χ3v) is 3.31. The second-order valence-corrected chi connectivity index (χ2v) is 4.78. The summed E-state index contributed by atoms with van der Waals surface area (Å²) in [6, 6.07) is 3.61. The standard InChI is InChI=1S/C15H14F2N2O2/c1-2-6-18-13(20)8-19-15(21)10-7-9(10)14-11(16)4-3-5-12(14)17/h1,3-5,9-10H,6-8H2,(H,18,20)(H,19,21)/t9-,10+/m0/s1. The molecular weight excluding hydrogens is 278 g/mol. The van der Waals surface area contributed by atoms with Crippen LogP contribution in [-0.2, 0) is 9.59 Å². The fraction of sp³-hybridized carbons (Fsp3) is 0.333. The lowest BCUT2D eigenvalue weighted by Crippen LogP contribution is -2.37. The van der Waals surface area contributed by atoms with Crippen LogP contribution in [0.1, 0.15) is 17.9 Å². The maximum atomic E-state index is 13.6. The number of terminal acetylenes is 1. The van der Waals surface area contributed by atoms with Crippen molar-refractivity contribution in [1.29, 1.82) is 0 Å².